The fourth-order valence-electron chi connectivity index (χ4n) is 2.06. The van der Waals surface area contributed by atoms with Gasteiger partial charge in [0.2, 0.25) is 0 Å². The molecule has 0 aliphatic carbocycles. The fraction of sp³-hybridized carbons (Fsp3) is 0.188. The largest absolute Gasteiger partial charge is 0.476 e. The second-order valence-corrected chi connectivity index (χ2v) is 4.42. The van der Waals surface area contributed by atoms with Crippen LogP contribution in [0, 0.1) is 12.7 Å². The van der Waals surface area contributed by atoms with Crippen LogP contribution < -0.4 is 0 Å². The maximum Gasteiger partial charge on any atom is 0.357 e. The van der Waals surface area contributed by atoms with Gasteiger partial charge < -0.3 is 5.11 Å². The van der Waals surface area contributed by atoms with Crippen LogP contribution in [0.4, 0.5) is 4.39 Å². The molecule has 3 rings (SSSR count). The molecule has 114 valence electrons. The number of hydrogen-bond donors (Lipinski definition) is 1. The first-order chi connectivity index (χ1) is 10.6. The van der Waals surface area contributed by atoms with E-state index in [4.69, 9.17) is 0 Å². The van der Waals surface area contributed by atoms with Gasteiger partial charge in [-0.3, -0.25) is 0 Å². The first-order valence-electron chi connectivity index (χ1n) is 6.91. The molecule has 0 radical (unpaired) electrons. The monoisotopic (exact) mass is 301 g/mol. The van der Waals surface area contributed by atoms with Gasteiger partial charge in [-0.05, 0) is 36.8 Å². The number of carbonyl (C=O) groups is 1. The summed E-state index contributed by atoms with van der Waals surface area (Å²) in [5, 5.41) is 13.6. The van der Waals surface area contributed by atoms with Crippen molar-refractivity contribution in [3.63, 3.8) is 0 Å². The lowest BCUT2D eigenvalue weighted by atomic mass is 10.2. The molecule has 0 bridgehead atoms. The van der Waals surface area contributed by atoms with Gasteiger partial charge in [0, 0.05) is 17.6 Å². The quantitative estimate of drug-likeness (QED) is 0.785. The predicted octanol–water partition coefficient (Wildman–Crippen LogP) is 3.59. The molecule has 0 aliphatic heterocycles. The molecule has 0 spiro atoms. The minimum atomic E-state index is -1.16. The molecule has 2 heterocycles. The van der Waals surface area contributed by atoms with Crippen molar-refractivity contribution in [3.05, 3.63) is 53.6 Å². The van der Waals surface area contributed by atoms with Crippen molar-refractivity contribution in [2.24, 2.45) is 0 Å². The zero-order valence-corrected chi connectivity index (χ0v) is 12.5. The number of aromatic nitrogens is 3. The highest BCUT2D eigenvalue weighted by Crippen LogP contribution is 2.22. The van der Waals surface area contributed by atoms with E-state index >= 15 is 0 Å². The van der Waals surface area contributed by atoms with Crippen LogP contribution in [-0.2, 0) is 0 Å². The highest BCUT2D eigenvalue weighted by Gasteiger charge is 2.18. The lowest BCUT2D eigenvalue weighted by Gasteiger charge is -2.03. The molecule has 0 saturated carbocycles. The van der Waals surface area contributed by atoms with E-state index in [0.29, 0.717) is 16.7 Å². The van der Waals surface area contributed by atoms with E-state index in [1.165, 1.54) is 22.9 Å². The van der Waals surface area contributed by atoms with Crippen LogP contribution in [0.2, 0.25) is 0 Å². The minimum absolute atomic E-state index is 0.122. The van der Waals surface area contributed by atoms with E-state index < -0.39 is 11.8 Å². The summed E-state index contributed by atoms with van der Waals surface area (Å²) < 4.78 is 14.8. The van der Waals surface area contributed by atoms with Gasteiger partial charge in [-0.25, -0.2) is 18.9 Å². The number of carboxylic acid groups (broad SMARTS) is 1. The van der Waals surface area contributed by atoms with Crippen LogP contribution >= 0.6 is 0 Å². The summed E-state index contributed by atoms with van der Waals surface area (Å²) in [6, 6.07) is 7.44. The Morgan fingerprint density at radius 1 is 1.23 bits per heavy atom. The number of fused-ring (bicyclic) bond motifs is 1. The molecule has 0 unspecified atom stereocenters. The van der Waals surface area contributed by atoms with E-state index in [-0.39, 0.29) is 5.69 Å². The first kappa shape index (κ1) is 15.6. The fourth-order valence-corrected chi connectivity index (χ4v) is 2.06. The number of benzene rings is 1. The zero-order valence-electron chi connectivity index (χ0n) is 12.5. The smallest absolute Gasteiger partial charge is 0.357 e. The standard InChI is InChI=1S/C14H10FN3O2.C2H6/c1-8-4-5-16-12(6-8)18-11-7-9(15)2-3-10(11)13(17-18)14(19)20;1-2/h2-7H,1H3,(H,19,20);1-2H3. The van der Waals surface area contributed by atoms with Crippen molar-refractivity contribution in [2.45, 2.75) is 20.8 Å². The molecular weight excluding hydrogens is 285 g/mol. The second kappa shape index (κ2) is 6.34. The van der Waals surface area contributed by atoms with Gasteiger partial charge >= 0.3 is 5.97 Å². The Morgan fingerprint density at radius 3 is 2.59 bits per heavy atom. The van der Waals surface area contributed by atoms with Gasteiger partial charge in [0.1, 0.15) is 5.82 Å². The number of rotatable bonds is 2. The number of pyridine rings is 1. The van der Waals surface area contributed by atoms with Crippen molar-refractivity contribution < 1.29 is 14.3 Å². The number of aryl methyl sites for hydroxylation is 1. The molecule has 2 aromatic heterocycles. The van der Waals surface area contributed by atoms with E-state index in [2.05, 4.69) is 10.1 Å². The third-order valence-corrected chi connectivity index (χ3v) is 2.96. The molecule has 5 nitrogen and oxygen atoms in total. The lowest BCUT2D eigenvalue weighted by molar-refractivity contribution is 0.0692. The first-order valence-corrected chi connectivity index (χ1v) is 6.91. The summed E-state index contributed by atoms with van der Waals surface area (Å²) in [5.41, 5.74) is 1.20. The molecule has 1 aromatic carbocycles. The minimum Gasteiger partial charge on any atom is -0.476 e. The highest BCUT2D eigenvalue weighted by atomic mass is 19.1. The third kappa shape index (κ3) is 2.81. The highest BCUT2D eigenvalue weighted by molar-refractivity contribution is 6.01. The Labute approximate surface area is 127 Å². The summed E-state index contributed by atoms with van der Waals surface area (Å²) in [4.78, 5) is 15.4. The Morgan fingerprint density at radius 2 is 1.95 bits per heavy atom. The third-order valence-electron chi connectivity index (χ3n) is 2.96. The summed E-state index contributed by atoms with van der Waals surface area (Å²) in [5.74, 6) is -1.16. The van der Waals surface area contributed by atoms with Crippen molar-refractivity contribution in [1.29, 1.82) is 0 Å². The molecule has 0 atom stereocenters. The summed E-state index contributed by atoms with van der Waals surface area (Å²) in [6.45, 7) is 5.88. The predicted molar refractivity (Wildman–Crippen MR) is 81.9 cm³/mol. The zero-order chi connectivity index (χ0) is 16.3. The van der Waals surface area contributed by atoms with Crippen molar-refractivity contribution in [1.82, 2.24) is 14.8 Å². The van der Waals surface area contributed by atoms with Gasteiger partial charge in [-0.1, -0.05) is 13.8 Å². The molecule has 0 aliphatic rings. The van der Waals surface area contributed by atoms with E-state index in [0.717, 1.165) is 5.56 Å². The van der Waals surface area contributed by atoms with Gasteiger partial charge in [-0.15, -0.1) is 0 Å². The number of nitrogens with zero attached hydrogens (tertiary/aromatic N) is 3. The Kier molecular flexibility index (Phi) is 4.50. The maximum absolute atomic E-state index is 13.4. The van der Waals surface area contributed by atoms with E-state index in [9.17, 15) is 14.3 Å². The van der Waals surface area contributed by atoms with Crippen LogP contribution in [0.1, 0.15) is 29.9 Å². The molecule has 0 saturated heterocycles. The number of hydrogen-bond acceptors (Lipinski definition) is 3. The Bertz CT molecular complexity index is 827. The van der Waals surface area contributed by atoms with Gasteiger partial charge in [0.15, 0.2) is 11.5 Å². The van der Waals surface area contributed by atoms with Crippen molar-refractivity contribution in [2.75, 3.05) is 0 Å². The number of halogens is 1. The summed E-state index contributed by atoms with van der Waals surface area (Å²) >= 11 is 0. The van der Waals surface area contributed by atoms with Gasteiger partial charge in [0.25, 0.3) is 0 Å². The van der Waals surface area contributed by atoms with E-state index in [1.807, 2.05) is 26.8 Å². The second-order valence-electron chi connectivity index (χ2n) is 4.42. The molecule has 0 amide bonds. The molecule has 0 fully saturated rings. The van der Waals surface area contributed by atoms with Crippen LogP contribution in [0.5, 0.6) is 0 Å². The topological polar surface area (TPSA) is 68.0 Å². The van der Waals surface area contributed by atoms with Crippen molar-refractivity contribution >= 4 is 16.9 Å². The molecule has 22 heavy (non-hydrogen) atoms. The summed E-state index contributed by atoms with van der Waals surface area (Å²) in [6.07, 6.45) is 1.60. The van der Waals surface area contributed by atoms with E-state index in [1.54, 1.807) is 12.3 Å². The van der Waals surface area contributed by atoms with Crippen LogP contribution in [0.3, 0.4) is 0 Å². The Balaban J connectivity index is 0.000000847. The summed E-state index contributed by atoms with van der Waals surface area (Å²) in [7, 11) is 0. The van der Waals surface area contributed by atoms with Crippen LogP contribution in [0.25, 0.3) is 16.7 Å². The molecule has 3 aromatic rings. The number of aromatic carboxylic acids is 1. The SMILES string of the molecule is CC.Cc1ccnc(-n2nc(C(=O)O)c3ccc(F)cc32)c1. The Hall–Kier alpha value is -2.76. The van der Waals surface area contributed by atoms with Crippen LogP contribution in [0.15, 0.2) is 36.5 Å². The molecular formula is C16H16FN3O2. The number of carboxylic acids is 1. The average Bonchev–Trinajstić information content (AvgIpc) is 2.88. The average molecular weight is 301 g/mol. The molecule has 1 N–H and O–H groups in total. The van der Waals surface area contributed by atoms with Gasteiger partial charge in [-0.2, -0.15) is 5.10 Å². The lowest BCUT2D eigenvalue weighted by Crippen LogP contribution is -2.03. The van der Waals surface area contributed by atoms with Crippen LogP contribution in [-0.4, -0.2) is 25.8 Å². The molecule has 6 heteroatoms. The van der Waals surface area contributed by atoms with Gasteiger partial charge in [0.05, 0.1) is 5.52 Å². The van der Waals surface area contributed by atoms with Crippen molar-refractivity contribution in [3.8, 4) is 5.82 Å². The maximum atomic E-state index is 13.4. The normalized spacial score (nSPS) is 10.2.